The molecule has 1 aliphatic rings. The lowest BCUT2D eigenvalue weighted by molar-refractivity contribution is 0.103. The van der Waals surface area contributed by atoms with Gasteiger partial charge in [0.15, 0.2) is 0 Å². The van der Waals surface area contributed by atoms with Crippen LogP contribution in [0.2, 0.25) is 0 Å². The quantitative estimate of drug-likeness (QED) is 0.790. The first-order chi connectivity index (χ1) is 10.6. The van der Waals surface area contributed by atoms with Crippen LogP contribution in [0.1, 0.15) is 10.4 Å². The van der Waals surface area contributed by atoms with Crippen molar-refractivity contribution >= 4 is 32.2 Å². The average molecular weight is 309 g/mol. The van der Waals surface area contributed by atoms with Gasteiger partial charge < -0.3 is 5.32 Å². The molecular weight excluding hydrogens is 298 g/mol. The van der Waals surface area contributed by atoms with Gasteiger partial charge in [-0.25, -0.2) is 8.42 Å². The van der Waals surface area contributed by atoms with Gasteiger partial charge in [-0.15, -0.1) is 0 Å². The fourth-order valence-corrected chi connectivity index (χ4v) is 4.30. The molecule has 0 spiro atoms. The van der Waals surface area contributed by atoms with Crippen LogP contribution in [0.25, 0.3) is 10.8 Å². The minimum atomic E-state index is -3.63. The van der Waals surface area contributed by atoms with Crippen LogP contribution in [0.4, 0.5) is 5.69 Å². The summed E-state index contributed by atoms with van der Waals surface area (Å²) in [6.45, 7) is 0. The standard InChI is InChI=1S/C17H11NO3S/c19-17-13-9-10-15(12-7-4-8-14(18-17)16(12)13)22(20,21)11-5-2-1-3-6-11/h1-10H,(H,18,19). The molecule has 0 unspecified atom stereocenters. The highest BCUT2D eigenvalue weighted by atomic mass is 32.2. The molecule has 108 valence electrons. The highest BCUT2D eigenvalue weighted by Gasteiger charge is 2.27. The van der Waals surface area contributed by atoms with Gasteiger partial charge in [0.25, 0.3) is 5.91 Å². The molecule has 1 aliphatic heterocycles. The molecule has 0 aromatic heterocycles. The number of amides is 1. The molecule has 0 bridgehead atoms. The number of hydrogen-bond donors (Lipinski definition) is 1. The van der Waals surface area contributed by atoms with Crippen molar-refractivity contribution in [3.05, 3.63) is 66.2 Å². The Hall–Kier alpha value is -2.66. The molecule has 0 radical (unpaired) electrons. The van der Waals surface area contributed by atoms with E-state index in [0.29, 0.717) is 22.0 Å². The van der Waals surface area contributed by atoms with E-state index < -0.39 is 9.84 Å². The second-order valence-corrected chi connectivity index (χ2v) is 7.03. The van der Waals surface area contributed by atoms with E-state index in [1.807, 2.05) is 0 Å². The van der Waals surface area contributed by atoms with Gasteiger partial charge in [0, 0.05) is 22.0 Å². The SMILES string of the molecule is O=C1Nc2cccc3c(S(=O)(=O)c4ccccc4)ccc1c23. The molecule has 5 heteroatoms. The van der Waals surface area contributed by atoms with E-state index >= 15 is 0 Å². The summed E-state index contributed by atoms with van der Waals surface area (Å²) < 4.78 is 25.7. The third-order valence-electron chi connectivity index (χ3n) is 3.84. The van der Waals surface area contributed by atoms with Crippen molar-refractivity contribution in [1.29, 1.82) is 0 Å². The first-order valence-corrected chi connectivity index (χ1v) is 8.24. The summed E-state index contributed by atoms with van der Waals surface area (Å²) in [6, 6.07) is 16.6. The molecule has 0 saturated heterocycles. The number of hydrogen-bond acceptors (Lipinski definition) is 3. The van der Waals surface area contributed by atoms with Crippen LogP contribution in [0, 0.1) is 0 Å². The van der Waals surface area contributed by atoms with Gasteiger partial charge in [-0.3, -0.25) is 4.79 Å². The number of anilines is 1. The highest BCUT2D eigenvalue weighted by molar-refractivity contribution is 7.91. The molecule has 22 heavy (non-hydrogen) atoms. The number of carbonyl (C=O) groups excluding carboxylic acids is 1. The van der Waals surface area contributed by atoms with Gasteiger partial charge in [-0.05, 0) is 30.3 Å². The molecule has 0 fully saturated rings. The monoisotopic (exact) mass is 309 g/mol. The van der Waals surface area contributed by atoms with Crippen LogP contribution in [0.5, 0.6) is 0 Å². The van der Waals surface area contributed by atoms with Crippen molar-refractivity contribution in [2.45, 2.75) is 9.79 Å². The fourth-order valence-electron chi connectivity index (χ4n) is 2.82. The third-order valence-corrected chi connectivity index (χ3v) is 5.66. The van der Waals surface area contributed by atoms with Gasteiger partial charge in [0.1, 0.15) is 0 Å². The normalized spacial score (nSPS) is 13.4. The maximum absolute atomic E-state index is 12.9. The Bertz CT molecular complexity index is 1020. The fraction of sp³-hybridized carbons (Fsp3) is 0. The average Bonchev–Trinajstić information content (AvgIpc) is 2.86. The molecule has 0 atom stereocenters. The lowest BCUT2D eigenvalue weighted by atomic mass is 10.1. The summed E-state index contributed by atoms with van der Waals surface area (Å²) in [4.78, 5) is 12.4. The zero-order valence-corrected chi connectivity index (χ0v) is 12.2. The van der Waals surface area contributed by atoms with Crippen LogP contribution in [-0.4, -0.2) is 14.3 Å². The second-order valence-electron chi connectivity index (χ2n) is 5.11. The summed E-state index contributed by atoms with van der Waals surface area (Å²) in [7, 11) is -3.63. The van der Waals surface area contributed by atoms with Crippen LogP contribution in [0.3, 0.4) is 0 Å². The van der Waals surface area contributed by atoms with E-state index in [1.54, 1.807) is 54.6 Å². The van der Waals surface area contributed by atoms with Crippen molar-refractivity contribution < 1.29 is 13.2 Å². The summed E-state index contributed by atoms with van der Waals surface area (Å²) in [5.74, 6) is -0.199. The minimum Gasteiger partial charge on any atom is -0.321 e. The van der Waals surface area contributed by atoms with Crippen molar-refractivity contribution in [3.63, 3.8) is 0 Å². The van der Waals surface area contributed by atoms with Crippen molar-refractivity contribution in [3.8, 4) is 0 Å². The molecule has 1 N–H and O–H groups in total. The van der Waals surface area contributed by atoms with Crippen LogP contribution in [0.15, 0.2) is 70.5 Å². The molecular formula is C17H11NO3S. The number of nitrogens with one attached hydrogen (secondary N) is 1. The van der Waals surface area contributed by atoms with E-state index in [4.69, 9.17) is 0 Å². The van der Waals surface area contributed by atoms with Gasteiger partial charge >= 0.3 is 0 Å². The lowest BCUT2D eigenvalue weighted by Crippen LogP contribution is -2.05. The second kappa shape index (κ2) is 4.42. The minimum absolute atomic E-state index is 0.199. The van der Waals surface area contributed by atoms with Gasteiger partial charge in [-0.1, -0.05) is 30.3 Å². The Kier molecular flexibility index (Phi) is 2.62. The number of carbonyl (C=O) groups is 1. The number of benzene rings is 3. The van der Waals surface area contributed by atoms with Crippen molar-refractivity contribution in [2.75, 3.05) is 5.32 Å². The number of sulfone groups is 1. The van der Waals surface area contributed by atoms with Gasteiger partial charge in [0.2, 0.25) is 9.84 Å². The predicted octanol–water partition coefficient (Wildman–Crippen LogP) is 3.24. The number of rotatable bonds is 2. The summed E-state index contributed by atoms with van der Waals surface area (Å²) >= 11 is 0. The maximum atomic E-state index is 12.9. The lowest BCUT2D eigenvalue weighted by Gasteiger charge is -2.09. The van der Waals surface area contributed by atoms with Crippen molar-refractivity contribution in [2.24, 2.45) is 0 Å². The molecule has 1 amide bonds. The first-order valence-electron chi connectivity index (χ1n) is 6.76. The first kappa shape index (κ1) is 13.0. The Morgan fingerprint density at radius 1 is 0.818 bits per heavy atom. The topological polar surface area (TPSA) is 63.2 Å². The highest BCUT2D eigenvalue weighted by Crippen LogP contribution is 2.37. The smallest absolute Gasteiger partial charge is 0.256 e. The zero-order valence-electron chi connectivity index (χ0n) is 11.4. The molecule has 1 heterocycles. The van der Waals surface area contributed by atoms with Crippen LogP contribution < -0.4 is 5.32 Å². The van der Waals surface area contributed by atoms with E-state index in [1.165, 1.54) is 6.07 Å². The summed E-state index contributed by atoms with van der Waals surface area (Å²) in [6.07, 6.45) is 0. The molecule has 0 aliphatic carbocycles. The van der Waals surface area contributed by atoms with Crippen molar-refractivity contribution in [1.82, 2.24) is 0 Å². The molecule has 0 saturated carbocycles. The maximum Gasteiger partial charge on any atom is 0.256 e. The largest absolute Gasteiger partial charge is 0.321 e. The summed E-state index contributed by atoms with van der Waals surface area (Å²) in [5.41, 5.74) is 1.17. The van der Waals surface area contributed by atoms with Crippen LogP contribution >= 0.6 is 0 Å². The van der Waals surface area contributed by atoms with E-state index in [0.717, 1.165) is 0 Å². The molecule has 4 rings (SSSR count). The Morgan fingerprint density at radius 2 is 1.59 bits per heavy atom. The Balaban J connectivity index is 2.07. The van der Waals surface area contributed by atoms with Gasteiger partial charge in [-0.2, -0.15) is 0 Å². The van der Waals surface area contributed by atoms with Crippen LogP contribution in [-0.2, 0) is 9.84 Å². The molecule has 3 aromatic rings. The van der Waals surface area contributed by atoms with Gasteiger partial charge in [0.05, 0.1) is 9.79 Å². The predicted molar refractivity (Wildman–Crippen MR) is 83.8 cm³/mol. The zero-order chi connectivity index (χ0) is 15.3. The molecule has 3 aromatic carbocycles. The Labute approximate surface area is 127 Å². The van der Waals surface area contributed by atoms with E-state index in [-0.39, 0.29) is 15.7 Å². The molecule has 4 nitrogen and oxygen atoms in total. The third kappa shape index (κ3) is 1.69. The summed E-state index contributed by atoms with van der Waals surface area (Å²) in [5, 5.41) is 3.99. The Morgan fingerprint density at radius 3 is 2.36 bits per heavy atom. The van der Waals surface area contributed by atoms with E-state index in [2.05, 4.69) is 5.32 Å². The van der Waals surface area contributed by atoms with E-state index in [9.17, 15) is 13.2 Å².